The monoisotopic (exact) mass is 304 g/mol. The number of ether oxygens (including phenoxy) is 1. The fraction of sp³-hybridized carbons (Fsp3) is 0.143. The molecule has 0 spiro atoms. The van der Waals surface area contributed by atoms with E-state index in [2.05, 4.69) is 10.1 Å². The van der Waals surface area contributed by atoms with E-state index >= 15 is 0 Å². The minimum Gasteiger partial charge on any atom is -0.465 e. The number of benzene rings is 1. The minimum atomic E-state index is -1.49. The molecule has 1 aromatic carbocycles. The lowest BCUT2D eigenvalue weighted by Gasteiger charge is -2.12. The van der Waals surface area contributed by atoms with Crippen molar-refractivity contribution in [3.05, 3.63) is 52.9 Å². The van der Waals surface area contributed by atoms with Gasteiger partial charge in [0.25, 0.3) is 5.91 Å². The van der Waals surface area contributed by atoms with Crippen LogP contribution in [-0.4, -0.2) is 34.5 Å². The van der Waals surface area contributed by atoms with E-state index in [1.165, 1.54) is 11.4 Å². The van der Waals surface area contributed by atoms with E-state index in [1.807, 2.05) is 18.2 Å². The van der Waals surface area contributed by atoms with E-state index in [-0.39, 0.29) is 5.57 Å². The van der Waals surface area contributed by atoms with Crippen LogP contribution in [0.3, 0.4) is 0 Å². The van der Waals surface area contributed by atoms with Crippen molar-refractivity contribution in [2.24, 2.45) is 0 Å². The maximum atomic E-state index is 12.5. The number of carbonyl (C=O) groups is 2. The van der Waals surface area contributed by atoms with Gasteiger partial charge in [0, 0.05) is 7.05 Å². The summed E-state index contributed by atoms with van der Waals surface area (Å²) in [4.78, 5) is 24.2. The number of hydrogen-bond acceptors (Lipinski definition) is 4. The Bertz CT molecular complexity index is 737. The highest BCUT2D eigenvalue weighted by Crippen LogP contribution is 2.40. The molecule has 2 aliphatic rings. The van der Waals surface area contributed by atoms with Crippen molar-refractivity contribution in [2.45, 2.75) is 0 Å². The van der Waals surface area contributed by atoms with Crippen LogP contribution in [0.25, 0.3) is 4.91 Å². The molecule has 2 aliphatic heterocycles. The van der Waals surface area contributed by atoms with Crippen LogP contribution >= 0.6 is 0 Å². The van der Waals surface area contributed by atoms with E-state index in [0.29, 0.717) is 16.3 Å². The van der Waals surface area contributed by atoms with Gasteiger partial charge in [0.2, 0.25) is 0 Å². The van der Waals surface area contributed by atoms with E-state index in [9.17, 15) is 13.8 Å². The minimum absolute atomic E-state index is 0.116. The van der Waals surface area contributed by atoms with Crippen LogP contribution in [0.1, 0.15) is 5.56 Å². The lowest BCUT2D eigenvalue weighted by atomic mass is 10.1. The highest BCUT2D eigenvalue weighted by atomic mass is 32.2. The summed E-state index contributed by atoms with van der Waals surface area (Å²) in [7, 11) is 1.29. The number of amides is 1. The van der Waals surface area contributed by atoms with E-state index in [0.717, 1.165) is 5.56 Å². The van der Waals surface area contributed by atoms with Crippen molar-refractivity contribution < 1.29 is 18.5 Å². The highest BCUT2D eigenvalue weighted by Gasteiger charge is 2.44. The molecule has 0 fully saturated rings. The molecule has 0 aliphatic carbocycles. The van der Waals surface area contributed by atoms with Gasteiger partial charge >= 0.3 is 5.97 Å². The molecule has 1 unspecified atom stereocenters. The molecule has 0 aromatic heterocycles. The third-order valence-corrected chi connectivity index (χ3v) is 4.80. The highest BCUT2D eigenvalue weighted by molar-refractivity contribution is 7.93. The topological polar surface area (TPSA) is 75.7 Å². The maximum absolute atomic E-state index is 12.5. The Hall–Kier alpha value is -2.41. The van der Waals surface area contributed by atoms with Crippen LogP contribution in [0.5, 0.6) is 0 Å². The zero-order chi connectivity index (χ0) is 15.1. The normalized spacial score (nSPS) is 20.8. The lowest BCUT2D eigenvalue weighted by Crippen LogP contribution is -2.23. The Morgan fingerprint density at radius 1 is 1.29 bits per heavy atom. The van der Waals surface area contributed by atoms with Crippen molar-refractivity contribution in [3.63, 3.8) is 0 Å². The van der Waals surface area contributed by atoms with E-state index in [1.54, 1.807) is 19.2 Å². The van der Waals surface area contributed by atoms with E-state index in [4.69, 9.17) is 0 Å². The number of fused-ring (bicyclic) bond motifs is 1. The number of esters is 1. The molecular weight excluding hydrogens is 292 g/mol. The summed E-state index contributed by atoms with van der Waals surface area (Å²) in [6.07, 6.45) is 0. The van der Waals surface area contributed by atoms with Gasteiger partial charge in [-0.25, -0.2) is 9.00 Å². The molecule has 0 saturated carbocycles. The van der Waals surface area contributed by atoms with Crippen LogP contribution < -0.4 is 5.32 Å². The lowest BCUT2D eigenvalue weighted by molar-refractivity contribution is -0.137. The predicted octanol–water partition coefficient (Wildman–Crippen LogP) is 0.521. The van der Waals surface area contributed by atoms with Crippen molar-refractivity contribution in [1.29, 1.82) is 0 Å². The molecule has 7 heteroatoms. The SMILES string of the molecule is COC(=O)C1=C2C(=C(c3ccccc3)S(=O)N2C)NC1=O. The standard InChI is InChI=1S/C14H12N2O4S/c1-16-11-9(14(18)20-2)13(17)15-10(11)12(21(16)19)8-6-4-3-5-7-8/h3-7H,1-2H3,(H,15,17). The summed E-state index contributed by atoms with van der Waals surface area (Å²) >= 11 is 0. The molecular formula is C14H12N2O4S. The van der Waals surface area contributed by atoms with Gasteiger partial charge in [-0.05, 0) is 5.56 Å². The van der Waals surface area contributed by atoms with Gasteiger partial charge in [0.05, 0.1) is 23.4 Å². The summed E-state index contributed by atoms with van der Waals surface area (Å²) in [5.41, 5.74) is 1.35. The van der Waals surface area contributed by atoms with E-state index < -0.39 is 22.9 Å². The number of rotatable bonds is 2. The zero-order valence-corrected chi connectivity index (χ0v) is 12.2. The molecule has 6 nitrogen and oxygen atoms in total. The molecule has 0 saturated heterocycles. The Kier molecular flexibility index (Phi) is 3.13. The zero-order valence-electron chi connectivity index (χ0n) is 11.4. The number of carbonyl (C=O) groups excluding carboxylic acids is 2. The summed E-state index contributed by atoms with van der Waals surface area (Å²) < 4.78 is 18.6. The first kappa shape index (κ1) is 13.6. The summed E-state index contributed by atoms with van der Waals surface area (Å²) in [5, 5.41) is 2.62. The third kappa shape index (κ3) is 1.89. The van der Waals surface area contributed by atoms with Crippen LogP contribution in [0.4, 0.5) is 0 Å². The Labute approximate surface area is 123 Å². The fourth-order valence-corrected chi connectivity index (χ4v) is 3.66. The van der Waals surface area contributed by atoms with Gasteiger partial charge < -0.3 is 10.1 Å². The molecule has 108 valence electrons. The number of likely N-dealkylation sites (N-methyl/N-ethyl adjacent to an activating group) is 1. The second kappa shape index (κ2) is 4.85. The number of nitrogens with zero attached hydrogens (tertiary/aromatic N) is 1. The number of nitrogens with one attached hydrogen (secondary N) is 1. The molecule has 21 heavy (non-hydrogen) atoms. The first-order valence-electron chi connectivity index (χ1n) is 6.16. The number of hydrogen-bond donors (Lipinski definition) is 1. The Balaban J connectivity index is 2.24. The number of methoxy groups -OCH3 is 1. The Morgan fingerprint density at radius 2 is 1.95 bits per heavy atom. The van der Waals surface area contributed by atoms with Crippen molar-refractivity contribution in [1.82, 2.24) is 9.62 Å². The van der Waals surface area contributed by atoms with Crippen LogP contribution in [0.2, 0.25) is 0 Å². The molecule has 0 bridgehead atoms. The molecule has 2 heterocycles. The molecule has 1 aromatic rings. The van der Waals surface area contributed by atoms with Crippen molar-refractivity contribution >= 4 is 27.8 Å². The van der Waals surface area contributed by atoms with Crippen LogP contribution in [-0.2, 0) is 25.3 Å². The largest absolute Gasteiger partial charge is 0.465 e. The first-order chi connectivity index (χ1) is 10.1. The van der Waals surface area contributed by atoms with Gasteiger partial charge in [-0.15, -0.1) is 0 Å². The van der Waals surface area contributed by atoms with Crippen LogP contribution in [0, 0.1) is 0 Å². The van der Waals surface area contributed by atoms with Gasteiger partial charge in [0.15, 0.2) is 16.6 Å². The molecule has 1 atom stereocenters. The van der Waals surface area contributed by atoms with Crippen molar-refractivity contribution in [3.8, 4) is 0 Å². The van der Waals surface area contributed by atoms with Gasteiger partial charge in [-0.1, -0.05) is 30.3 Å². The third-order valence-electron chi connectivity index (χ3n) is 3.33. The summed E-state index contributed by atoms with van der Waals surface area (Å²) in [5.74, 6) is -1.28. The first-order valence-corrected chi connectivity index (χ1v) is 7.26. The molecule has 1 N–H and O–H groups in total. The Morgan fingerprint density at radius 3 is 2.57 bits per heavy atom. The molecule has 1 amide bonds. The predicted molar refractivity (Wildman–Crippen MR) is 76.5 cm³/mol. The second-order valence-corrected chi connectivity index (χ2v) is 5.94. The van der Waals surface area contributed by atoms with Gasteiger partial charge in [-0.3, -0.25) is 9.10 Å². The second-order valence-electron chi connectivity index (χ2n) is 4.49. The molecule has 3 rings (SSSR count). The average molecular weight is 304 g/mol. The fourth-order valence-electron chi connectivity index (χ4n) is 2.38. The van der Waals surface area contributed by atoms with Gasteiger partial charge in [0.1, 0.15) is 0 Å². The average Bonchev–Trinajstić information content (AvgIpc) is 2.94. The van der Waals surface area contributed by atoms with Crippen molar-refractivity contribution in [2.75, 3.05) is 14.2 Å². The smallest absolute Gasteiger partial charge is 0.345 e. The van der Waals surface area contributed by atoms with Crippen LogP contribution in [0.15, 0.2) is 47.3 Å². The summed E-state index contributed by atoms with van der Waals surface area (Å²) in [6.45, 7) is 0. The molecule has 0 radical (unpaired) electrons. The van der Waals surface area contributed by atoms with Gasteiger partial charge in [-0.2, -0.15) is 0 Å². The summed E-state index contributed by atoms with van der Waals surface area (Å²) in [6, 6.07) is 9.10. The maximum Gasteiger partial charge on any atom is 0.345 e. The quantitative estimate of drug-likeness (QED) is 0.638.